The molecule has 0 radical (unpaired) electrons. The maximum absolute atomic E-state index is 8.07. The van der Waals surface area contributed by atoms with Gasteiger partial charge < -0.3 is 9.80 Å². The Morgan fingerprint density at radius 3 is 1.33 bits per heavy atom. The summed E-state index contributed by atoms with van der Waals surface area (Å²) in [6, 6.07) is 45.7. The van der Waals surface area contributed by atoms with Crippen LogP contribution in [0.5, 0.6) is 0 Å². The molecule has 1 aliphatic carbocycles. The summed E-state index contributed by atoms with van der Waals surface area (Å²) in [4.78, 5) is 4.78. The Bertz CT molecular complexity index is 2680. The number of fused-ring (bicyclic) bond motifs is 4. The van der Waals surface area contributed by atoms with Crippen LogP contribution in [0.15, 0.2) is 127 Å². The minimum Gasteiger partial charge on any atom is -0.309 e. The van der Waals surface area contributed by atoms with Crippen LogP contribution in [0.3, 0.4) is 0 Å². The van der Waals surface area contributed by atoms with E-state index >= 15 is 0 Å². The molecule has 0 atom stereocenters. The smallest absolute Gasteiger partial charge is 0.0887 e. The molecule has 314 valence electrons. The van der Waals surface area contributed by atoms with Gasteiger partial charge in [-0.05, 0) is 127 Å². The maximum Gasteiger partial charge on any atom is 0.0887 e. The van der Waals surface area contributed by atoms with Crippen LogP contribution in [0.2, 0.25) is 5.02 Å². The number of nitrogens with zero attached hydrogens (tertiary/aromatic N) is 2. The lowest BCUT2D eigenvalue weighted by Crippen LogP contribution is -2.19. The molecule has 61 heavy (non-hydrogen) atoms. The van der Waals surface area contributed by atoms with E-state index in [0.29, 0.717) is 5.02 Å². The van der Waals surface area contributed by atoms with Gasteiger partial charge in [-0.3, -0.25) is 0 Å². The van der Waals surface area contributed by atoms with Crippen LogP contribution < -0.4 is 9.80 Å². The van der Waals surface area contributed by atoms with Crippen LogP contribution in [0.25, 0.3) is 21.2 Å². The number of hydrogen-bond acceptors (Lipinski definition) is 3. The second-order valence-electron chi connectivity index (χ2n) is 21.8. The topological polar surface area (TPSA) is 6.48 Å². The normalized spacial score (nSPS) is 14.0. The molecule has 7 aromatic rings. The first kappa shape index (κ1) is 42.8. The molecular weight excluding hydrogens is 780 g/mol. The average Bonchev–Trinajstić information content (AvgIpc) is 3.69. The van der Waals surface area contributed by atoms with Crippen LogP contribution in [0.1, 0.15) is 130 Å². The fourth-order valence-electron chi connectivity index (χ4n) is 8.90. The Hall–Kier alpha value is -4.83. The Morgan fingerprint density at radius 1 is 0.443 bits per heavy atom. The highest BCUT2D eigenvalue weighted by Gasteiger charge is 2.36. The van der Waals surface area contributed by atoms with Crippen molar-refractivity contribution in [1.29, 1.82) is 0 Å². The molecule has 0 spiro atoms. The second-order valence-corrected chi connectivity index (χ2v) is 23.1. The summed E-state index contributed by atoms with van der Waals surface area (Å²) in [6.07, 6.45) is 0. The molecule has 1 aliphatic rings. The maximum atomic E-state index is 8.07. The summed E-state index contributed by atoms with van der Waals surface area (Å²) in [5.41, 5.74) is 16.5. The van der Waals surface area contributed by atoms with E-state index in [4.69, 9.17) is 11.6 Å². The lowest BCUT2D eigenvalue weighted by Gasteiger charge is -2.34. The standard InChI is InChI=1S/C57H63ClN2S/c1-53(2,3)36-19-25-40(26-20-36)59(41-27-21-37(22-28-41)54(4,5)6)48-31-39(56(10,11)12)32-49(52(48)58)60(42-29-23-38(24-30-42)55(7,8)9)50-35-61-51-34-47-44(33-45(50)51)43-17-15-16-18-46(43)57(47,13)14/h15-35H,1-14H3. The summed E-state index contributed by atoms with van der Waals surface area (Å²) < 4.78 is 1.27. The molecule has 0 aliphatic heterocycles. The van der Waals surface area contributed by atoms with Gasteiger partial charge in [0.1, 0.15) is 0 Å². The van der Waals surface area contributed by atoms with Crippen molar-refractivity contribution < 1.29 is 0 Å². The van der Waals surface area contributed by atoms with Gasteiger partial charge >= 0.3 is 0 Å². The number of hydrogen-bond donors (Lipinski definition) is 0. The Labute approximate surface area is 375 Å². The zero-order valence-corrected chi connectivity index (χ0v) is 40.4. The Balaban J connectivity index is 1.41. The lowest BCUT2D eigenvalue weighted by molar-refractivity contribution is 0.589. The molecule has 6 aromatic carbocycles. The molecule has 0 saturated carbocycles. The van der Waals surface area contributed by atoms with Crippen molar-refractivity contribution in [2.75, 3.05) is 9.80 Å². The predicted octanol–water partition coefficient (Wildman–Crippen LogP) is 18.0. The van der Waals surface area contributed by atoms with E-state index in [9.17, 15) is 0 Å². The van der Waals surface area contributed by atoms with Gasteiger partial charge in [0.15, 0.2) is 0 Å². The molecule has 0 amide bonds. The van der Waals surface area contributed by atoms with Gasteiger partial charge in [0, 0.05) is 37.9 Å². The molecule has 1 heterocycles. The quantitative estimate of drug-likeness (QED) is 0.165. The van der Waals surface area contributed by atoms with Gasteiger partial charge in [-0.15, -0.1) is 11.3 Å². The van der Waals surface area contributed by atoms with Crippen molar-refractivity contribution in [3.63, 3.8) is 0 Å². The minimum atomic E-state index is -0.180. The number of benzene rings is 6. The zero-order valence-electron chi connectivity index (χ0n) is 38.8. The fraction of sp³-hybridized carbons (Fsp3) is 0.333. The number of halogens is 1. The summed E-state index contributed by atoms with van der Waals surface area (Å²) in [6.45, 7) is 32.1. The number of rotatable bonds is 6. The molecule has 1 aromatic heterocycles. The fourth-order valence-corrected chi connectivity index (χ4v) is 10.1. The summed E-state index contributed by atoms with van der Waals surface area (Å²) >= 11 is 9.88. The molecule has 0 unspecified atom stereocenters. The SMILES string of the molecule is CC(C)(C)c1ccc(N(c2ccc(C(C)(C)C)cc2)c2cc(C(C)(C)C)cc(N(c3ccc(C(C)(C)C)cc3)c3csc4cc5c(cc34)-c3ccccc3C5(C)C)c2Cl)cc1. The van der Waals surface area contributed by atoms with Crippen molar-refractivity contribution >= 4 is 67.1 Å². The van der Waals surface area contributed by atoms with E-state index in [0.717, 1.165) is 34.1 Å². The van der Waals surface area contributed by atoms with Gasteiger partial charge in [0.25, 0.3) is 0 Å². The largest absolute Gasteiger partial charge is 0.309 e. The van der Waals surface area contributed by atoms with Gasteiger partial charge in [0.2, 0.25) is 0 Å². The molecule has 0 bridgehead atoms. The van der Waals surface area contributed by atoms with Crippen LogP contribution >= 0.6 is 22.9 Å². The van der Waals surface area contributed by atoms with Gasteiger partial charge in [0.05, 0.1) is 22.1 Å². The first-order valence-corrected chi connectivity index (χ1v) is 23.1. The van der Waals surface area contributed by atoms with E-state index in [1.165, 1.54) is 54.6 Å². The first-order chi connectivity index (χ1) is 28.4. The molecule has 0 saturated heterocycles. The summed E-state index contributed by atoms with van der Waals surface area (Å²) in [5.74, 6) is 0. The zero-order chi connectivity index (χ0) is 44.0. The van der Waals surface area contributed by atoms with Crippen molar-refractivity contribution in [2.45, 2.75) is 124 Å². The van der Waals surface area contributed by atoms with E-state index in [1.807, 2.05) is 11.3 Å². The average molecular weight is 844 g/mol. The molecule has 2 nitrogen and oxygen atoms in total. The van der Waals surface area contributed by atoms with Crippen LogP contribution in [-0.4, -0.2) is 0 Å². The number of thiophene rings is 1. The Morgan fingerprint density at radius 2 is 0.869 bits per heavy atom. The summed E-state index contributed by atoms with van der Waals surface area (Å²) in [5, 5.41) is 4.26. The Kier molecular flexibility index (Phi) is 10.5. The van der Waals surface area contributed by atoms with E-state index < -0.39 is 0 Å². The molecule has 4 heteroatoms. The highest BCUT2D eigenvalue weighted by molar-refractivity contribution is 7.17. The van der Waals surface area contributed by atoms with E-state index in [-0.39, 0.29) is 27.1 Å². The van der Waals surface area contributed by atoms with E-state index in [2.05, 4.69) is 233 Å². The van der Waals surface area contributed by atoms with Crippen LogP contribution in [-0.2, 0) is 27.1 Å². The van der Waals surface area contributed by atoms with Gasteiger partial charge in [-0.25, -0.2) is 0 Å². The van der Waals surface area contributed by atoms with Crippen molar-refractivity contribution in [3.8, 4) is 11.1 Å². The van der Waals surface area contributed by atoms with Gasteiger partial charge in [-0.1, -0.05) is 169 Å². The third-order valence-electron chi connectivity index (χ3n) is 12.9. The van der Waals surface area contributed by atoms with Crippen LogP contribution in [0, 0.1) is 0 Å². The van der Waals surface area contributed by atoms with E-state index in [1.54, 1.807) is 0 Å². The predicted molar refractivity (Wildman–Crippen MR) is 269 cm³/mol. The van der Waals surface area contributed by atoms with Gasteiger partial charge in [-0.2, -0.15) is 0 Å². The lowest BCUT2D eigenvalue weighted by atomic mass is 9.82. The molecule has 0 fully saturated rings. The number of anilines is 6. The minimum absolute atomic E-state index is 0.0156. The van der Waals surface area contributed by atoms with Crippen molar-refractivity contribution in [1.82, 2.24) is 0 Å². The van der Waals surface area contributed by atoms with Crippen molar-refractivity contribution in [3.05, 3.63) is 165 Å². The third kappa shape index (κ3) is 7.83. The van der Waals surface area contributed by atoms with Crippen LogP contribution in [0.4, 0.5) is 34.1 Å². The highest BCUT2D eigenvalue weighted by Crippen LogP contribution is 2.55. The monoisotopic (exact) mass is 842 g/mol. The molecule has 0 N–H and O–H groups in total. The second kappa shape index (κ2) is 14.9. The highest BCUT2D eigenvalue weighted by atomic mass is 35.5. The third-order valence-corrected chi connectivity index (χ3v) is 14.2. The molecule has 8 rings (SSSR count). The van der Waals surface area contributed by atoms with Crippen molar-refractivity contribution in [2.24, 2.45) is 0 Å². The first-order valence-electron chi connectivity index (χ1n) is 21.9. The summed E-state index contributed by atoms with van der Waals surface area (Å²) in [7, 11) is 0. The molecular formula is C57H63ClN2S.